The SMILES string of the molecule is Cn1c(=O)n(C)c2cc(CNCCCc3nc4ccccc4[nH]3)ccc21. The van der Waals surface area contributed by atoms with Crippen LogP contribution in [0.25, 0.3) is 22.1 Å². The molecule has 6 heteroatoms. The zero-order valence-electron chi connectivity index (χ0n) is 15.1. The summed E-state index contributed by atoms with van der Waals surface area (Å²) in [5.74, 6) is 1.04. The van der Waals surface area contributed by atoms with Crippen LogP contribution in [0.1, 0.15) is 17.8 Å². The maximum absolute atomic E-state index is 12.0. The van der Waals surface area contributed by atoms with Gasteiger partial charge in [0, 0.05) is 27.1 Å². The molecule has 2 N–H and O–H groups in total. The molecule has 0 bridgehead atoms. The first-order valence-electron chi connectivity index (χ1n) is 8.92. The Morgan fingerprint density at radius 2 is 1.88 bits per heavy atom. The summed E-state index contributed by atoms with van der Waals surface area (Å²) in [5, 5.41) is 3.48. The maximum atomic E-state index is 12.0. The smallest absolute Gasteiger partial charge is 0.328 e. The molecular formula is C20H23N5O. The summed E-state index contributed by atoms with van der Waals surface area (Å²) in [6, 6.07) is 14.3. The predicted octanol–water partition coefficient (Wildman–Crippen LogP) is 2.48. The summed E-state index contributed by atoms with van der Waals surface area (Å²) in [5.41, 5.74) is 5.25. The molecule has 0 spiro atoms. The number of nitrogens with zero attached hydrogens (tertiary/aromatic N) is 3. The second-order valence-electron chi connectivity index (χ2n) is 6.70. The Kier molecular flexibility index (Phi) is 4.34. The topological polar surface area (TPSA) is 67.6 Å². The Balaban J connectivity index is 1.32. The Bertz CT molecular complexity index is 1090. The van der Waals surface area contributed by atoms with E-state index >= 15 is 0 Å². The number of hydrogen-bond acceptors (Lipinski definition) is 3. The molecule has 0 saturated heterocycles. The monoisotopic (exact) mass is 349 g/mol. The second-order valence-corrected chi connectivity index (χ2v) is 6.70. The number of hydrogen-bond donors (Lipinski definition) is 2. The average Bonchev–Trinajstić information content (AvgIpc) is 3.16. The van der Waals surface area contributed by atoms with E-state index in [-0.39, 0.29) is 5.69 Å². The van der Waals surface area contributed by atoms with Crippen LogP contribution in [0.15, 0.2) is 47.3 Å². The standard InChI is InChI=1S/C20H23N5O/c1-24-17-10-9-14(12-18(17)25(2)20(24)26)13-21-11-5-8-19-22-15-6-3-4-7-16(15)23-19/h3-4,6-7,9-10,12,21H,5,8,11,13H2,1-2H3,(H,22,23). The van der Waals surface area contributed by atoms with E-state index in [0.29, 0.717) is 0 Å². The molecule has 2 aromatic heterocycles. The lowest BCUT2D eigenvalue weighted by molar-refractivity contribution is 0.642. The van der Waals surface area contributed by atoms with Gasteiger partial charge in [0.15, 0.2) is 0 Å². The van der Waals surface area contributed by atoms with Crippen LogP contribution < -0.4 is 11.0 Å². The van der Waals surface area contributed by atoms with Crippen molar-refractivity contribution in [3.8, 4) is 0 Å². The number of aromatic nitrogens is 4. The van der Waals surface area contributed by atoms with E-state index < -0.39 is 0 Å². The normalized spacial score (nSPS) is 11.6. The minimum Gasteiger partial charge on any atom is -0.342 e. The average molecular weight is 349 g/mol. The molecule has 0 radical (unpaired) electrons. The highest BCUT2D eigenvalue weighted by atomic mass is 16.1. The zero-order valence-corrected chi connectivity index (χ0v) is 15.1. The van der Waals surface area contributed by atoms with E-state index in [1.807, 2.05) is 31.3 Å². The van der Waals surface area contributed by atoms with Gasteiger partial charge in [-0.05, 0) is 42.8 Å². The first-order valence-corrected chi connectivity index (χ1v) is 8.92. The molecule has 2 heterocycles. The summed E-state index contributed by atoms with van der Waals surface area (Å²) in [7, 11) is 3.62. The van der Waals surface area contributed by atoms with E-state index in [1.165, 1.54) is 5.56 Å². The van der Waals surface area contributed by atoms with E-state index in [9.17, 15) is 4.79 Å². The van der Waals surface area contributed by atoms with Crippen molar-refractivity contribution in [1.82, 2.24) is 24.4 Å². The van der Waals surface area contributed by atoms with Crippen molar-refractivity contribution in [2.24, 2.45) is 14.1 Å². The number of rotatable bonds is 6. The minimum absolute atomic E-state index is 0.0101. The largest absolute Gasteiger partial charge is 0.342 e. The molecule has 0 saturated carbocycles. The van der Waals surface area contributed by atoms with Gasteiger partial charge in [-0.15, -0.1) is 0 Å². The number of aryl methyl sites for hydroxylation is 3. The van der Waals surface area contributed by atoms with Gasteiger partial charge in [0.25, 0.3) is 0 Å². The third kappa shape index (κ3) is 3.04. The molecule has 0 amide bonds. The number of aromatic amines is 1. The van der Waals surface area contributed by atoms with Crippen molar-refractivity contribution in [3.05, 3.63) is 64.3 Å². The number of imidazole rings is 2. The van der Waals surface area contributed by atoms with Crippen LogP contribution >= 0.6 is 0 Å². The summed E-state index contributed by atoms with van der Waals surface area (Å²) in [6.07, 6.45) is 1.94. The first-order chi connectivity index (χ1) is 12.6. The zero-order chi connectivity index (χ0) is 18.1. The summed E-state index contributed by atoms with van der Waals surface area (Å²) >= 11 is 0. The molecule has 26 heavy (non-hydrogen) atoms. The number of benzene rings is 2. The quantitative estimate of drug-likeness (QED) is 0.526. The van der Waals surface area contributed by atoms with E-state index in [0.717, 1.165) is 53.8 Å². The van der Waals surface area contributed by atoms with Gasteiger partial charge in [0.1, 0.15) is 5.82 Å². The van der Waals surface area contributed by atoms with Gasteiger partial charge in [-0.2, -0.15) is 0 Å². The van der Waals surface area contributed by atoms with Crippen LogP contribution in [-0.2, 0) is 27.1 Å². The molecule has 2 aromatic carbocycles. The fourth-order valence-corrected chi connectivity index (χ4v) is 3.40. The summed E-state index contributed by atoms with van der Waals surface area (Å²) in [4.78, 5) is 20.0. The molecule has 0 unspecified atom stereocenters. The number of para-hydroxylation sites is 2. The van der Waals surface area contributed by atoms with Crippen molar-refractivity contribution in [2.75, 3.05) is 6.54 Å². The van der Waals surface area contributed by atoms with Gasteiger partial charge in [-0.3, -0.25) is 9.13 Å². The first kappa shape index (κ1) is 16.6. The molecule has 4 aromatic rings. The van der Waals surface area contributed by atoms with Crippen LogP contribution in [0.2, 0.25) is 0 Å². The molecule has 0 aliphatic heterocycles. The van der Waals surface area contributed by atoms with Crippen LogP contribution in [0.3, 0.4) is 0 Å². The fraction of sp³-hybridized carbons (Fsp3) is 0.300. The van der Waals surface area contributed by atoms with Gasteiger partial charge in [0.05, 0.1) is 22.1 Å². The van der Waals surface area contributed by atoms with E-state index in [4.69, 9.17) is 0 Å². The van der Waals surface area contributed by atoms with Crippen molar-refractivity contribution in [1.29, 1.82) is 0 Å². The minimum atomic E-state index is 0.0101. The highest BCUT2D eigenvalue weighted by Gasteiger charge is 2.08. The van der Waals surface area contributed by atoms with E-state index in [1.54, 1.807) is 16.2 Å². The van der Waals surface area contributed by atoms with Gasteiger partial charge in [-0.1, -0.05) is 18.2 Å². The lowest BCUT2D eigenvalue weighted by atomic mass is 10.2. The second kappa shape index (κ2) is 6.80. The van der Waals surface area contributed by atoms with Gasteiger partial charge in [0.2, 0.25) is 0 Å². The van der Waals surface area contributed by atoms with Gasteiger partial charge < -0.3 is 10.3 Å². The van der Waals surface area contributed by atoms with Crippen molar-refractivity contribution in [3.63, 3.8) is 0 Å². The van der Waals surface area contributed by atoms with E-state index in [2.05, 4.69) is 33.5 Å². The molecule has 0 aliphatic carbocycles. The third-order valence-corrected chi connectivity index (χ3v) is 4.87. The number of H-pyrrole nitrogens is 1. The number of nitrogens with one attached hydrogen (secondary N) is 2. The molecule has 6 nitrogen and oxygen atoms in total. The lowest BCUT2D eigenvalue weighted by Gasteiger charge is -2.05. The molecule has 4 rings (SSSR count). The van der Waals surface area contributed by atoms with Gasteiger partial charge in [-0.25, -0.2) is 9.78 Å². The van der Waals surface area contributed by atoms with Crippen molar-refractivity contribution >= 4 is 22.1 Å². The molecular weight excluding hydrogens is 326 g/mol. The van der Waals surface area contributed by atoms with Crippen LogP contribution in [-0.4, -0.2) is 25.6 Å². The molecule has 0 aliphatic rings. The summed E-state index contributed by atoms with van der Waals surface area (Å²) < 4.78 is 3.38. The lowest BCUT2D eigenvalue weighted by Crippen LogP contribution is -2.19. The molecule has 134 valence electrons. The highest BCUT2D eigenvalue weighted by molar-refractivity contribution is 5.77. The Morgan fingerprint density at radius 3 is 2.73 bits per heavy atom. The van der Waals surface area contributed by atoms with Crippen LogP contribution in [0.4, 0.5) is 0 Å². The number of fused-ring (bicyclic) bond motifs is 2. The fourth-order valence-electron chi connectivity index (χ4n) is 3.40. The van der Waals surface area contributed by atoms with Crippen molar-refractivity contribution in [2.45, 2.75) is 19.4 Å². The Morgan fingerprint density at radius 1 is 1.08 bits per heavy atom. The van der Waals surface area contributed by atoms with Gasteiger partial charge >= 0.3 is 5.69 Å². The maximum Gasteiger partial charge on any atom is 0.328 e. The highest BCUT2D eigenvalue weighted by Crippen LogP contribution is 2.14. The van der Waals surface area contributed by atoms with Crippen LogP contribution in [0, 0.1) is 0 Å². The predicted molar refractivity (Wildman–Crippen MR) is 104 cm³/mol. The third-order valence-electron chi connectivity index (χ3n) is 4.87. The summed E-state index contributed by atoms with van der Waals surface area (Å²) in [6.45, 7) is 1.71. The van der Waals surface area contributed by atoms with Crippen LogP contribution in [0.5, 0.6) is 0 Å². The molecule has 0 fully saturated rings. The van der Waals surface area contributed by atoms with Crippen molar-refractivity contribution < 1.29 is 0 Å². The Labute approximate surface area is 151 Å². The Hall–Kier alpha value is -2.86. The molecule has 0 atom stereocenters.